The Morgan fingerprint density at radius 2 is 2.00 bits per heavy atom. The summed E-state index contributed by atoms with van der Waals surface area (Å²) in [6.45, 7) is 2.93. The molecule has 1 N–H and O–H groups in total. The van der Waals surface area contributed by atoms with Gasteiger partial charge in [-0.05, 0) is 19.9 Å². The zero-order chi connectivity index (χ0) is 17.8. The number of nitrogens with zero attached hydrogens (tertiary/aromatic N) is 1. The van der Waals surface area contributed by atoms with E-state index in [0.717, 1.165) is 17.8 Å². The molecule has 10 heteroatoms. The number of aromatic nitrogens is 1. The second-order valence-electron chi connectivity index (χ2n) is 4.96. The second kappa shape index (κ2) is 7.39. The smallest absolute Gasteiger partial charge is 0.417 e. The van der Waals surface area contributed by atoms with Crippen molar-refractivity contribution < 1.29 is 27.5 Å². The Kier molecular flexibility index (Phi) is 6.29. The van der Waals surface area contributed by atoms with E-state index in [4.69, 9.17) is 11.6 Å². The van der Waals surface area contributed by atoms with Crippen LogP contribution in [0.25, 0.3) is 0 Å². The molecule has 0 aliphatic heterocycles. The number of alkyl halides is 3. The maximum absolute atomic E-state index is 12.5. The lowest BCUT2D eigenvalue weighted by Gasteiger charge is -2.22. The highest BCUT2D eigenvalue weighted by molar-refractivity contribution is 8.00. The normalized spacial score (nSPS) is 12.0. The van der Waals surface area contributed by atoms with Crippen LogP contribution in [0.2, 0.25) is 5.02 Å². The highest BCUT2D eigenvalue weighted by atomic mass is 35.5. The number of pyridine rings is 1. The van der Waals surface area contributed by atoms with Crippen molar-refractivity contribution in [3.63, 3.8) is 0 Å². The highest BCUT2D eigenvalue weighted by Gasteiger charge is 2.32. The van der Waals surface area contributed by atoms with E-state index in [1.54, 1.807) is 0 Å². The van der Waals surface area contributed by atoms with Crippen LogP contribution < -0.4 is 5.32 Å². The summed E-state index contributed by atoms with van der Waals surface area (Å²) in [5.41, 5.74) is -2.19. The van der Waals surface area contributed by atoms with E-state index in [1.807, 2.05) is 0 Å². The van der Waals surface area contributed by atoms with Gasteiger partial charge in [0.2, 0.25) is 5.91 Å². The van der Waals surface area contributed by atoms with Gasteiger partial charge < -0.3 is 10.1 Å². The molecule has 0 aliphatic carbocycles. The van der Waals surface area contributed by atoms with Gasteiger partial charge in [-0.25, -0.2) is 9.78 Å². The van der Waals surface area contributed by atoms with Crippen molar-refractivity contribution in [2.75, 3.05) is 12.9 Å². The summed E-state index contributed by atoms with van der Waals surface area (Å²) in [6.07, 6.45) is -3.90. The molecule has 5 nitrogen and oxygen atoms in total. The molecule has 0 saturated carbocycles. The number of carbonyl (C=O) groups excluding carboxylic acids is 2. The maximum Gasteiger partial charge on any atom is 0.417 e. The summed E-state index contributed by atoms with van der Waals surface area (Å²) < 4.78 is 42.0. The molecular weight excluding hydrogens is 357 g/mol. The topological polar surface area (TPSA) is 68.3 Å². The minimum Gasteiger partial charge on any atom is -0.467 e. The Bertz CT molecular complexity index is 609. The number of ether oxygens (including phenoxy) is 1. The summed E-state index contributed by atoms with van der Waals surface area (Å²) in [7, 11) is 1.19. The third kappa shape index (κ3) is 5.58. The Balaban J connectivity index is 2.69. The number of hydrogen-bond acceptors (Lipinski definition) is 5. The zero-order valence-corrected chi connectivity index (χ0v) is 14.0. The predicted molar refractivity (Wildman–Crippen MR) is 79.2 cm³/mol. The van der Waals surface area contributed by atoms with E-state index in [-0.39, 0.29) is 15.8 Å². The van der Waals surface area contributed by atoms with E-state index in [1.165, 1.54) is 21.0 Å². The first-order valence-electron chi connectivity index (χ1n) is 6.22. The standard InChI is InChI=1S/C13H14ClF3N2O3S/c1-12(2,11(21)22-3)19-9(20)6-23-10-8(14)4-7(5-18-10)13(15,16)17/h4-5H,6H2,1-3H3,(H,19,20). The van der Waals surface area contributed by atoms with Gasteiger partial charge >= 0.3 is 12.1 Å². The Labute approximate surface area is 139 Å². The van der Waals surface area contributed by atoms with Crippen molar-refractivity contribution in [1.29, 1.82) is 0 Å². The predicted octanol–water partition coefficient (Wildman–Crippen LogP) is 2.91. The molecule has 0 aliphatic rings. The molecule has 0 aromatic carbocycles. The van der Waals surface area contributed by atoms with E-state index < -0.39 is 29.2 Å². The van der Waals surface area contributed by atoms with Crippen LogP contribution in [-0.2, 0) is 20.5 Å². The molecule has 0 radical (unpaired) electrons. The lowest BCUT2D eigenvalue weighted by molar-refractivity contribution is -0.149. The van der Waals surface area contributed by atoms with E-state index in [2.05, 4.69) is 15.0 Å². The fraction of sp³-hybridized carbons (Fsp3) is 0.462. The van der Waals surface area contributed by atoms with Crippen molar-refractivity contribution >= 4 is 35.2 Å². The lowest BCUT2D eigenvalue weighted by Crippen LogP contribution is -2.50. The SMILES string of the molecule is COC(=O)C(C)(C)NC(=O)CSc1ncc(C(F)(F)F)cc1Cl. The van der Waals surface area contributed by atoms with Crippen LogP contribution in [0.4, 0.5) is 13.2 Å². The van der Waals surface area contributed by atoms with Gasteiger partial charge in [0.1, 0.15) is 10.6 Å². The molecule has 1 amide bonds. The number of esters is 1. The quantitative estimate of drug-likeness (QED) is 0.637. The minimum atomic E-state index is -4.54. The van der Waals surface area contributed by atoms with Gasteiger partial charge in [0.25, 0.3) is 0 Å². The molecule has 0 atom stereocenters. The van der Waals surface area contributed by atoms with Gasteiger partial charge in [0.15, 0.2) is 0 Å². The van der Waals surface area contributed by atoms with Crippen LogP contribution in [0.3, 0.4) is 0 Å². The molecular formula is C13H14ClF3N2O3S. The average molecular weight is 371 g/mol. The van der Waals surface area contributed by atoms with Crippen LogP contribution in [0.15, 0.2) is 17.3 Å². The number of nitrogens with one attached hydrogen (secondary N) is 1. The molecule has 0 saturated heterocycles. The van der Waals surface area contributed by atoms with Crippen molar-refractivity contribution in [2.45, 2.75) is 30.6 Å². The molecule has 0 spiro atoms. The van der Waals surface area contributed by atoms with E-state index in [9.17, 15) is 22.8 Å². The molecule has 23 heavy (non-hydrogen) atoms. The fourth-order valence-corrected chi connectivity index (χ4v) is 2.51. The molecule has 128 valence electrons. The molecule has 0 fully saturated rings. The minimum absolute atomic E-state index is 0.0886. The number of methoxy groups -OCH3 is 1. The van der Waals surface area contributed by atoms with Crippen LogP contribution >= 0.6 is 23.4 Å². The molecule has 1 aromatic heterocycles. The van der Waals surface area contributed by atoms with Crippen molar-refractivity contribution in [1.82, 2.24) is 10.3 Å². The van der Waals surface area contributed by atoms with Crippen molar-refractivity contribution in [2.24, 2.45) is 0 Å². The van der Waals surface area contributed by atoms with Crippen molar-refractivity contribution in [3.05, 3.63) is 22.8 Å². The first kappa shape index (κ1) is 19.6. The number of amides is 1. The number of thioether (sulfide) groups is 1. The Hall–Kier alpha value is -1.48. The third-order valence-corrected chi connectivity index (χ3v) is 4.03. The van der Waals surface area contributed by atoms with Gasteiger partial charge in [-0.1, -0.05) is 23.4 Å². The van der Waals surface area contributed by atoms with Crippen LogP contribution in [-0.4, -0.2) is 35.3 Å². The summed E-state index contributed by atoms with van der Waals surface area (Å²) in [4.78, 5) is 26.8. The van der Waals surface area contributed by atoms with Crippen LogP contribution in [0.5, 0.6) is 0 Å². The van der Waals surface area contributed by atoms with Gasteiger partial charge in [0, 0.05) is 6.20 Å². The molecule has 1 aromatic rings. The number of rotatable bonds is 5. The van der Waals surface area contributed by atoms with Gasteiger partial charge in [-0.2, -0.15) is 13.2 Å². The highest BCUT2D eigenvalue weighted by Crippen LogP contribution is 2.33. The van der Waals surface area contributed by atoms with E-state index in [0.29, 0.717) is 6.20 Å². The first-order chi connectivity index (χ1) is 10.5. The monoisotopic (exact) mass is 370 g/mol. The Morgan fingerprint density at radius 3 is 2.48 bits per heavy atom. The molecule has 0 unspecified atom stereocenters. The fourth-order valence-electron chi connectivity index (χ4n) is 1.51. The largest absolute Gasteiger partial charge is 0.467 e. The maximum atomic E-state index is 12.5. The van der Waals surface area contributed by atoms with Gasteiger partial charge in [0.05, 0.1) is 23.4 Å². The molecule has 0 bridgehead atoms. The summed E-state index contributed by atoms with van der Waals surface area (Å²) >= 11 is 6.60. The van der Waals surface area contributed by atoms with Gasteiger partial charge in [-0.15, -0.1) is 0 Å². The van der Waals surface area contributed by atoms with Crippen molar-refractivity contribution in [3.8, 4) is 0 Å². The number of hydrogen-bond donors (Lipinski definition) is 1. The lowest BCUT2D eigenvalue weighted by atomic mass is 10.1. The van der Waals surface area contributed by atoms with Crippen LogP contribution in [0, 0.1) is 0 Å². The summed E-state index contributed by atoms with van der Waals surface area (Å²) in [6, 6.07) is 0.743. The Morgan fingerprint density at radius 1 is 1.39 bits per heavy atom. The average Bonchev–Trinajstić information content (AvgIpc) is 2.43. The number of carbonyl (C=O) groups is 2. The zero-order valence-electron chi connectivity index (χ0n) is 12.5. The van der Waals surface area contributed by atoms with Gasteiger partial charge in [-0.3, -0.25) is 4.79 Å². The number of halogens is 4. The second-order valence-corrected chi connectivity index (χ2v) is 6.33. The molecule has 1 rings (SSSR count). The molecule has 1 heterocycles. The first-order valence-corrected chi connectivity index (χ1v) is 7.58. The third-order valence-electron chi connectivity index (χ3n) is 2.62. The van der Waals surface area contributed by atoms with E-state index >= 15 is 0 Å². The summed E-state index contributed by atoms with van der Waals surface area (Å²) in [5.74, 6) is -1.30. The summed E-state index contributed by atoms with van der Waals surface area (Å²) in [5, 5.41) is 2.33. The van der Waals surface area contributed by atoms with Crippen LogP contribution in [0.1, 0.15) is 19.4 Å².